The van der Waals surface area contributed by atoms with Gasteiger partial charge in [-0.2, -0.15) is 0 Å². The summed E-state index contributed by atoms with van der Waals surface area (Å²) in [6, 6.07) is 9.27. The van der Waals surface area contributed by atoms with E-state index in [1.807, 2.05) is 32.0 Å². The second kappa shape index (κ2) is 5.40. The zero-order valence-electron chi connectivity index (χ0n) is 8.49. The van der Waals surface area contributed by atoms with Crippen LogP contribution in [0.3, 0.4) is 0 Å². The largest absolute Gasteiger partial charge is 0.446 e. The summed E-state index contributed by atoms with van der Waals surface area (Å²) in [5.41, 5.74) is 0.582. The van der Waals surface area contributed by atoms with E-state index >= 15 is 0 Å². The van der Waals surface area contributed by atoms with Crippen molar-refractivity contribution in [1.29, 1.82) is 0 Å². The molecule has 1 N–H and O–H groups in total. The molecule has 0 unspecified atom stereocenters. The quantitative estimate of drug-likeness (QED) is 0.585. The molecule has 3 nitrogen and oxygen atoms in total. The van der Waals surface area contributed by atoms with E-state index in [4.69, 9.17) is 4.74 Å². The Labute approximate surface area is 84.1 Å². The van der Waals surface area contributed by atoms with Crippen molar-refractivity contribution in [3.8, 4) is 0 Å². The molecular formula is C11H15NO2. The van der Waals surface area contributed by atoms with E-state index in [2.05, 4.69) is 5.32 Å². The number of ether oxygens (including phenoxy) is 1. The van der Waals surface area contributed by atoms with Crippen LogP contribution in [-0.4, -0.2) is 18.7 Å². The van der Waals surface area contributed by atoms with Gasteiger partial charge in [-0.3, -0.25) is 5.32 Å². The van der Waals surface area contributed by atoms with Gasteiger partial charge < -0.3 is 4.74 Å². The molecule has 0 saturated heterocycles. The Hall–Kier alpha value is -1.35. The first kappa shape index (κ1) is 10.7. The number of rotatable bonds is 4. The molecule has 0 atom stereocenters. The van der Waals surface area contributed by atoms with E-state index in [-0.39, 0.29) is 12.7 Å². The van der Waals surface area contributed by atoms with Gasteiger partial charge in [-0.1, -0.05) is 18.2 Å². The Morgan fingerprint density at radius 2 is 2.00 bits per heavy atom. The van der Waals surface area contributed by atoms with Crippen molar-refractivity contribution < 1.29 is 9.53 Å². The molecule has 0 saturated carbocycles. The Balaban J connectivity index is 2.36. The van der Waals surface area contributed by atoms with E-state index in [1.54, 1.807) is 12.1 Å². The molecule has 0 aliphatic rings. The third-order valence-corrected chi connectivity index (χ3v) is 1.70. The van der Waals surface area contributed by atoms with Crippen LogP contribution in [0.5, 0.6) is 0 Å². The zero-order valence-corrected chi connectivity index (χ0v) is 8.49. The zero-order chi connectivity index (χ0) is 10.4. The molecule has 0 fully saturated rings. The third kappa shape index (κ3) is 3.58. The summed E-state index contributed by atoms with van der Waals surface area (Å²) >= 11 is 0. The minimum absolute atomic E-state index is 0.255. The molecule has 0 bridgehead atoms. The van der Waals surface area contributed by atoms with Gasteiger partial charge in [0.15, 0.2) is 0 Å². The Morgan fingerprint density at radius 3 is 2.57 bits per heavy atom. The highest BCUT2D eigenvalue weighted by Crippen LogP contribution is 2.00. The third-order valence-electron chi connectivity index (χ3n) is 1.70. The number of benzene rings is 1. The van der Waals surface area contributed by atoms with E-state index < -0.39 is 0 Å². The van der Waals surface area contributed by atoms with Gasteiger partial charge in [0.1, 0.15) is 6.73 Å². The first-order valence-electron chi connectivity index (χ1n) is 4.65. The molecule has 0 aliphatic carbocycles. The first-order valence-corrected chi connectivity index (χ1v) is 4.65. The fraction of sp³-hybridized carbons (Fsp3) is 0.364. The number of carbonyl (C=O) groups excluding carboxylic acids is 1. The maximum atomic E-state index is 11.4. The summed E-state index contributed by atoms with van der Waals surface area (Å²) in [6.07, 6.45) is 0. The Bertz CT molecular complexity index is 283. The summed E-state index contributed by atoms with van der Waals surface area (Å²) < 4.78 is 4.99. The molecule has 0 spiro atoms. The molecule has 0 amide bonds. The van der Waals surface area contributed by atoms with Gasteiger partial charge in [-0.25, -0.2) is 4.79 Å². The van der Waals surface area contributed by atoms with Gasteiger partial charge in [-0.15, -0.1) is 0 Å². The molecule has 14 heavy (non-hydrogen) atoms. The molecule has 1 aromatic carbocycles. The first-order chi connectivity index (χ1) is 6.70. The van der Waals surface area contributed by atoms with Crippen molar-refractivity contribution in [3.05, 3.63) is 35.9 Å². The maximum Gasteiger partial charge on any atom is 0.339 e. The van der Waals surface area contributed by atoms with Crippen molar-refractivity contribution in [2.24, 2.45) is 0 Å². The van der Waals surface area contributed by atoms with Crippen molar-refractivity contribution in [2.45, 2.75) is 19.9 Å². The molecule has 0 aromatic heterocycles. The van der Waals surface area contributed by atoms with Gasteiger partial charge in [0.2, 0.25) is 0 Å². The van der Waals surface area contributed by atoms with Crippen molar-refractivity contribution >= 4 is 5.97 Å². The van der Waals surface area contributed by atoms with Gasteiger partial charge in [-0.05, 0) is 26.0 Å². The van der Waals surface area contributed by atoms with E-state index in [0.717, 1.165) is 0 Å². The highest BCUT2D eigenvalue weighted by molar-refractivity contribution is 5.89. The lowest BCUT2D eigenvalue weighted by Gasteiger charge is -2.08. The predicted octanol–water partition coefficient (Wildman–Crippen LogP) is 1.80. The highest BCUT2D eigenvalue weighted by atomic mass is 16.5. The number of hydrogen-bond acceptors (Lipinski definition) is 3. The molecule has 0 aliphatic heterocycles. The van der Waals surface area contributed by atoms with Gasteiger partial charge >= 0.3 is 5.97 Å². The summed E-state index contributed by atoms with van der Waals surface area (Å²) in [6.45, 7) is 4.25. The standard InChI is InChI=1S/C11H15NO2/c1-9(2)12-8-14-11(13)10-6-4-3-5-7-10/h3-7,9,12H,8H2,1-2H3. The lowest BCUT2D eigenvalue weighted by atomic mass is 10.2. The minimum Gasteiger partial charge on any atom is -0.446 e. The molecule has 0 radical (unpaired) electrons. The van der Waals surface area contributed by atoms with Crippen LogP contribution in [-0.2, 0) is 4.74 Å². The normalized spacial score (nSPS) is 10.2. The van der Waals surface area contributed by atoms with Crippen LogP contribution in [0.1, 0.15) is 24.2 Å². The second-order valence-corrected chi connectivity index (χ2v) is 3.30. The second-order valence-electron chi connectivity index (χ2n) is 3.30. The van der Waals surface area contributed by atoms with Crippen LogP contribution in [0.2, 0.25) is 0 Å². The summed E-state index contributed by atoms with van der Waals surface area (Å²) in [5, 5.41) is 3.00. The van der Waals surface area contributed by atoms with Crippen LogP contribution in [0.25, 0.3) is 0 Å². The number of carbonyl (C=O) groups is 1. The fourth-order valence-electron chi connectivity index (χ4n) is 0.931. The predicted molar refractivity (Wildman–Crippen MR) is 55.0 cm³/mol. The minimum atomic E-state index is -0.293. The fourth-order valence-corrected chi connectivity index (χ4v) is 0.931. The van der Waals surface area contributed by atoms with Crippen LogP contribution >= 0.6 is 0 Å². The summed E-state index contributed by atoms with van der Waals surface area (Å²) in [7, 11) is 0. The maximum absolute atomic E-state index is 11.4. The average Bonchev–Trinajstić information content (AvgIpc) is 2.18. The van der Waals surface area contributed by atoms with Crippen LogP contribution in [0.4, 0.5) is 0 Å². The Morgan fingerprint density at radius 1 is 1.36 bits per heavy atom. The molecule has 1 aromatic rings. The van der Waals surface area contributed by atoms with Crippen LogP contribution in [0, 0.1) is 0 Å². The smallest absolute Gasteiger partial charge is 0.339 e. The lowest BCUT2D eigenvalue weighted by molar-refractivity contribution is 0.0463. The summed E-state index contributed by atoms with van der Waals surface area (Å²) in [5.74, 6) is -0.293. The van der Waals surface area contributed by atoms with Crippen molar-refractivity contribution in [3.63, 3.8) is 0 Å². The Kier molecular flexibility index (Phi) is 4.13. The van der Waals surface area contributed by atoms with E-state index in [9.17, 15) is 4.79 Å². The molecular weight excluding hydrogens is 178 g/mol. The lowest BCUT2D eigenvalue weighted by Crippen LogP contribution is -2.27. The van der Waals surface area contributed by atoms with Gasteiger partial charge in [0.05, 0.1) is 5.56 Å². The monoisotopic (exact) mass is 193 g/mol. The molecule has 3 heteroatoms. The van der Waals surface area contributed by atoms with Gasteiger partial charge in [0, 0.05) is 6.04 Å². The van der Waals surface area contributed by atoms with Crippen molar-refractivity contribution in [2.75, 3.05) is 6.73 Å². The van der Waals surface area contributed by atoms with E-state index in [1.165, 1.54) is 0 Å². The SMILES string of the molecule is CC(C)NCOC(=O)c1ccccc1. The highest BCUT2D eigenvalue weighted by Gasteiger charge is 2.04. The van der Waals surface area contributed by atoms with Crippen LogP contribution in [0.15, 0.2) is 30.3 Å². The summed E-state index contributed by atoms with van der Waals surface area (Å²) in [4.78, 5) is 11.4. The molecule has 1 rings (SSSR count). The molecule has 0 heterocycles. The number of hydrogen-bond donors (Lipinski definition) is 1. The topological polar surface area (TPSA) is 38.3 Å². The number of esters is 1. The van der Waals surface area contributed by atoms with Crippen LogP contribution < -0.4 is 5.32 Å². The van der Waals surface area contributed by atoms with Gasteiger partial charge in [0.25, 0.3) is 0 Å². The molecule has 76 valence electrons. The average molecular weight is 193 g/mol. The van der Waals surface area contributed by atoms with E-state index in [0.29, 0.717) is 11.6 Å². The van der Waals surface area contributed by atoms with Crippen molar-refractivity contribution in [1.82, 2.24) is 5.32 Å². The number of nitrogens with one attached hydrogen (secondary N) is 1.